The van der Waals surface area contributed by atoms with Gasteiger partial charge in [-0.2, -0.15) is 0 Å². The van der Waals surface area contributed by atoms with E-state index < -0.39 is 35.0 Å². The van der Waals surface area contributed by atoms with E-state index >= 15 is 0 Å². The van der Waals surface area contributed by atoms with Gasteiger partial charge in [-0.15, -0.1) is 13.2 Å². The zero-order valence-electron chi connectivity index (χ0n) is 22.2. The van der Waals surface area contributed by atoms with Crippen LogP contribution in [0.15, 0.2) is 25.3 Å². The Hall–Kier alpha value is -2.19. The molecule has 0 saturated carbocycles. The lowest BCUT2D eigenvalue weighted by atomic mass is 9.62. The maximum absolute atomic E-state index is 14.0. The van der Waals surface area contributed by atoms with Crippen LogP contribution in [-0.4, -0.2) is 82.8 Å². The summed E-state index contributed by atoms with van der Waals surface area (Å²) in [4.78, 5) is 44.5. The van der Waals surface area contributed by atoms with Crippen LogP contribution in [-0.2, 0) is 23.9 Å². The summed E-state index contributed by atoms with van der Waals surface area (Å²) >= 11 is 0. The van der Waals surface area contributed by atoms with Crippen LogP contribution in [0, 0.1) is 17.8 Å². The molecule has 3 heterocycles. The highest BCUT2D eigenvalue weighted by atomic mass is 16.6. The zero-order chi connectivity index (χ0) is 26.5. The van der Waals surface area contributed by atoms with Crippen molar-refractivity contribution in [1.29, 1.82) is 0 Å². The molecule has 202 valence electrons. The number of unbranched alkanes of at least 4 members (excludes halogenated alkanes) is 4. The molecule has 2 bridgehead atoms. The first-order valence-corrected chi connectivity index (χ1v) is 13.5. The van der Waals surface area contributed by atoms with Crippen LogP contribution >= 0.6 is 0 Å². The van der Waals surface area contributed by atoms with Crippen LogP contribution < -0.4 is 0 Å². The van der Waals surface area contributed by atoms with Gasteiger partial charge in [0.25, 0.3) is 0 Å². The summed E-state index contributed by atoms with van der Waals surface area (Å²) in [6, 6.07) is -0.890. The van der Waals surface area contributed by atoms with Crippen molar-refractivity contribution < 1.29 is 29.0 Å². The predicted molar refractivity (Wildman–Crippen MR) is 137 cm³/mol. The van der Waals surface area contributed by atoms with Gasteiger partial charge in [0.1, 0.15) is 17.6 Å². The van der Waals surface area contributed by atoms with E-state index in [-0.39, 0.29) is 37.5 Å². The molecule has 0 aliphatic carbocycles. The maximum atomic E-state index is 14.0. The molecular weight excluding hydrogens is 460 g/mol. The van der Waals surface area contributed by atoms with E-state index in [9.17, 15) is 19.5 Å². The number of carbonyl (C=O) groups excluding carboxylic acids is 3. The van der Waals surface area contributed by atoms with E-state index in [1.165, 1.54) is 4.90 Å². The van der Waals surface area contributed by atoms with Crippen LogP contribution in [0.25, 0.3) is 0 Å². The van der Waals surface area contributed by atoms with Crippen LogP contribution in [0.5, 0.6) is 0 Å². The second kappa shape index (κ2) is 11.9. The van der Waals surface area contributed by atoms with E-state index in [2.05, 4.69) is 20.1 Å². The van der Waals surface area contributed by atoms with Gasteiger partial charge in [-0.3, -0.25) is 14.4 Å². The Labute approximate surface area is 215 Å². The van der Waals surface area contributed by atoms with Crippen LogP contribution in [0.4, 0.5) is 0 Å². The van der Waals surface area contributed by atoms with Gasteiger partial charge >= 0.3 is 5.97 Å². The van der Waals surface area contributed by atoms with Gasteiger partial charge in [-0.1, -0.05) is 38.8 Å². The lowest BCUT2D eigenvalue weighted by Gasteiger charge is -2.37. The van der Waals surface area contributed by atoms with Gasteiger partial charge in [-0.25, -0.2) is 0 Å². The van der Waals surface area contributed by atoms with Crippen molar-refractivity contribution in [2.45, 2.75) is 83.0 Å². The fourth-order valence-electron chi connectivity index (χ4n) is 6.55. The number of rotatable bonds is 15. The number of ether oxygens (including phenoxy) is 2. The first-order chi connectivity index (χ1) is 17.2. The quantitative estimate of drug-likeness (QED) is 0.209. The third kappa shape index (κ3) is 4.86. The number of nitrogens with zero attached hydrogens (tertiary/aromatic N) is 2. The summed E-state index contributed by atoms with van der Waals surface area (Å²) in [7, 11) is 0. The van der Waals surface area contributed by atoms with Crippen LogP contribution in [0.2, 0.25) is 0 Å². The summed E-state index contributed by atoms with van der Waals surface area (Å²) in [6.07, 6.45) is 9.32. The molecule has 8 heteroatoms. The van der Waals surface area contributed by atoms with Crippen molar-refractivity contribution in [2.24, 2.45) is 17.8 Å². The van der Waals surface area contributed by atoms with Gasteiger partial charge in [0.15, 0.2) is 0 Å². The standard InChI is InChI=1S/C28H44N2O6/c1-6-9-11-13-18-35-26(34)22-21-24(32)30(16-17-31)23(28(21)19-20(4)27(22,5)36-28)25(33)29(14-8-3)15-12-10-7-2/h6,8,20-23,31H,1,3,7,9-19H2,2,4-5H3/t20?,21-,22-,23?,27+,28?/m0/s1. The molecule has 3 fully saturated rings. The summed E-state index contributed by atoms with van der Waals surface area (Å²) in [5, 5.41) is 9.78. The average molecular weight is 505 g/mol. The molecule has 36 heavy (non-hydrogen) atoms. The summed E-state index contributed by atoms with van der Waals surface area (Å²) in [6.45, 7) is 14.5. The Morgan fingerprint density at radius 3 is 2.64 bits per heavy atom. The molecule has 0 aromatic carbocycles. The van der Waals surface area contributed by atoms with Crippen LogP contribution in [0.1, 0.15) is 65.7 Å². The molecule has 0 aromatic rings. The van der Waals surface area contributed by atoms with Gasteiger partial charge in [-0.05, 0) is 44.9 Å². The largest absolute Gasteiger partial charge is 0.465 e. The molecule has 1 spiro atoms. The molecule has 3 saturated heterocycles. The van der Waals surface area contributed by atoms with Gasteiger partial charge in [0.2, 0.25) is 11.8 Å². The summed E-state index contributed by atoms with van der Waals surface area (Å²) in [5.74, 6) is -2.59. The average Bonchev–Trinajstić information content (AvgIpc) is 3.35. The number of esters is 1. The van der Waals surface area contributed by atoms with Gasteiger partial charge in [0.05, 0.1) is 24.7 Å². The van der Waals surface area contributed by atoms with E-state index in [0.29, 0.717) is 25.9 Å². The number of likely N-dealkylation sites (tertiary alicyclic amines) is 1. The highest BCUT2D eigenvalue weighted by molar-refractivity contribution is 5.98. The Balaban J connectivity index is 1.93. The molecule has 3 rings (SSSR count). The molecular formula is C28H44N2O6. The van der Waals surface area contributed by atoms with Crippen molar-refractivity contribution >= 4 is 17.8 Å². The SMILES string of the molecule is C=CCCCCOC(=O)[C@@H]1[C@H]2C(=O)N(CCO)C(C(=O)N(CC=C)CCCCC)C23CC(C)[C@@]1(C)O3. The first-order valence-electron chi connectivity index (χ1n) is 13.5. The fourth-order valence-corrected chi connectivity index (χ4v) is 6.55. The minimum absolute atomic E-state index is 0.0160. The molecule has 0 aromatic heterocycles. The van der Waals surface area contributed by atoms with Crippen molar-refractivity contribution in [2.75, 3.05) is 32.8 Å². The van der Waals surface area contributed by atoms with Gasteiger partial charge in [0, 0.05) is 19.6 Å². The number of allylic oxidation sites excluding steroid dienone is 1. The lowest BCUT2D eigenvalue weighted by Crippen LogP contribution is -2.57. The number of aliphatic hydroxyl groups excluding tert-OH is 1. The number of fused-ring (bicyclic) bond motifs is 1. The van der Waals surface area contributed by atoms with Crippen molar-refractivity contribution in [1.82, 2.24) is 9.80 Å². The Morgan fingerprint density at radius 2 is 2.00 bits per heavy atom. The Kier molecular flexibility index (Phi) is 9.39. The second-order valence-corrected chi connectivity index (χ2v) is 10.7. The maximum Gasteiger partial charge on any atom is 0.312 e. The van der Waals surface area contributed by atoms with E-state index in [1.54, 1.807) is 11.0 Å². The van der Waals surface area contributed by atoms with E-state index in [0.717, 1.165) is 32.1 Å². The minimum Gasteiger partial charge on any atom is -0.465 e. The fraction of sp³-hybridized carbons (Fsp3) is 0.750. The second-order valence-electron chi connectivity index (χ2n) is 10.7. The molecule has 0 radical (unpaired) electrons. The summed E-state index contributed by atoms with van der Waals surface area (Å²) < 4.78 is 12.3. The number of hydrogen-bond donors (Lipinski definition) is 1. The van der Waals surface area contributed by atoms with Crippen molar-refractivity contribution in [3.8, 4) is 0 Å². The van der Waals surface area contributed by atoms with E-state index in [4.69, 9.17) is 9.47 Å². The number of aliphatic hydroxyl groups is 1. The Bertz CT molecular complexity index is 846. The third-order valence-electron chi connectivity index (χ3n) is 8.38. The number of hydrogen-bond acceptors (Lipinski definition) is 6. The zero-order valence-corrected chi connectivity index (χ0v) is 22.2. The number of β-amino-alcohol motifs (C(OH)–C–C–N with tert-alkyl or cyclic N) is 1. The monoisotopic (exact) mass is 504 g/mol. The topological polar surface area (TPSA) is 96.4 Å². The highest BCUT2D eigenvalue weighted by Gasteiger charge is 2.80. The van der Waals surface area contributed by atoms with Gasteiger partial charge < -0.3 is 24.4 Å². The van der Waals surface area contributed by atoms with E-state index in [1.807, 2.05) is 19.9 Å². The normalized spacial score (nSPS) is 32.4. The predicted octanol–water partition coefficient (Wildman–Crippen LogP) is 3.09. The first kappa shape index (κ1) is 28.4. The minimum atomic E-state index is -1.12. The highest BCUT2D eigenvalue weighted by Crippen LogP contribution is 2.65. The van der Waals surface area contributed by atoms with Crippen LogP contribution in [0.3, 0.4) is 0 Å². The molecule has 3 aliphatic heterocycles. The smallest absolute Gasteiger partial charge is 0.312 e. The number of amides is 2. The van der Waals surface area contributed by atoms with Crippen molar-refractivity contribution in [3.05, 3.63) is 25.3 Å². The molecule has 3 aliphatic rings. The third-order valence-corrected chi connectivity index (χ3v) is 8.38. The molecule has 2 amide bonds. The van der Waals surface area contributed by atoms with Crippen molar-refractivity contribution in [3.63, 3.8) is 0 Å². The Morgan fingerprint density at radius 1 is 1.25 bits per heavy atom. The lowest BCUT2D eigenvalue weighted by molar-refractivity contribution is -0.162. The molecule has 3 unspecified atom stereocenters. The molecule has 1 N–H and O–H groups in total. The summed E-state index contributed by atoms with van der Waals surface area (Å²) in [5.41, 5.74) is -2.01. The number of carbonyl (C=O) groups is 3. The molecule has 8 nitrogen and oxygen atoms in total. The molecule has 6 atom stereocenters.